The van der Waals surface area contributed by atoms with Gasteiger partial charge < -0.3 is 22.1 Å². The van der Waals surface area contributed by atoms with Gasteiger partial charge in [0.15, 0.2) is 0 Å². The van der Waals surface area contributed by atoms with E-state index in [1.165, 1.54) is 0 Å². The average molecular weight is 460 g/mol. The lowest BCUT2D eigenvalue weighted by Gasteiger charge is -2.12. The number of urea groups is 1. The van der Waals surface area contributed by atoms with Gasteiger partial charge in [-0.05, 0) is 59.2 Å². The van der Waals surface area contributed by atoms with Crippen LogP contribution in [0.3, 0.4) is 0 Å². The van der Waals surface area contributed by atoms with Gasteiger partial charge in [-0.3, -0.25) is 4.79 Å². The Hall–Kier alpha value is -3.91. The zero-order chi connectivity index (χ0) is 23.5. The lowest BCUT2D eigenvalue weighted by atomic mass is 9.96. The first-order valence-electron chi connectivity index (χ1n) is 10.5. The molecule has 0 bridgehead atoms. The molecule has 33 heavy (non-hydrogen) atoms. The van der Waals surface area contributed by atoms with E-state index >= 15 is 0 Å². The van der Waals surface area contributed by atoms with Crippen molar-refractivity contribution in [2.45, 2.75) is 26.2 Å². The number of hydrogen-bond acceptors (Lipinski definition) is 5. The molecule has 0 aliphatic heterocycles. The van der Waals surface area contributed by atoms with Crippen LogP contribution in [0.15, 0.2) is 60.1 Å². The van der Waals surface area contributed by atoms with E-state index in [0.29, 0.717) is 11.5 Å². The molecule has 2 heterocycles. The Balaban J connectivity index is 1.56. The number of aryl methyl sites for hydroxylation is 1. The van der Waals surface area contributed by atoms with Gasteiger partial charge in [0.05, 0.1) is 0 Å². The number of nitrogen functional groups attached to an aromatic ring is 1. The topological polar surface area (TPSA) is 123 Å². The summed E-state index contributed by atoms with van der Waals surface area (Å²) in [5.41, 5.74) is 17.0. The second-order valence-corrected chi connectivity index (χ2v) is 8.93. The SMILES string of the molecule is Cc1cccc(NC(=O)Nc2ccc(-c3csc4c(C(C)CC(N)=O)cnc(N)c34)cc2)c1. The van der Waals surface area contributed by atoms with Crippen molar-refractivity contribution in [1.29, 1.82) is 0 Å². The molecule has 0 aliphatic carbocycles. The molecular formula is C25H25N5O2S. The Labute approximate surface area is 195 Å². The van der Waals surface area contributed by atoms with Crippen LogP contribution in [-0.4, -0.2) is 16.9 Å². The zero-order valence-electron chi connectivity index (χ0n) is 18.4. The van der Waals surface area contributed by atoms with Crippen LogP contribution >= 0.6 is 11.3 Å². The number of thiophene rings is 1. The third kappa shape index (κ3) is 4.96. The van der Waals surface area contributed by atoms with Gasteiger partial charge in [0.2, 0.25) is 5.91 Å². The molecule has 3 amide bonds. The van der Waals surface area contributed by atoms with Crippen molar-refractivity contribution in [3.63, 3.8) is 0 Å². The molecule has 0 fully saturated rings. The molecule has 0 aliphatic rings. The van der Waals surface area contributed by atoms with Crippen LogP contribution in [0.2, 0.25) is 0 Å². The van der Waals surface area contributed by atoms with Gasteiger partial charge in [-0.25, -0.2) is 9.78 Å². The van der Waals surface area contributed by atoms with E-state index in [1.807, 2.05) is 67.8 Å². The fraction of sp³-hybridized carbons (Fsp3) is 0.160. The highest BCUT2D eigenvalue weighted by Gasteiger charge is 2.18. The summed E-state index contributed by atoms with van der Waals surface area (Å²) >= 11 is 1.57. The number of rotatable bonds is 6. The van der Waals surface area contributed by atoms with Crippen molar-refractivity contribution >= 4 is 50.6 Å². The normalized spacial score (nSPS) is 11.8. The summed E-state index contributed by atoms with van der Waals surface area (Å²) in [5, 5.41) is 8.58. The number of primary amides is 1. The molecule has 7 nitrogen and oxygen atoms in total. The third-order valence-electron chi connectivity index (χ3n) is 5.42. The minimum absolute atomic E-state index is 0.0527. The molecule has 0 radical (unpaired) electrons. The lowest BCUT2D eigenvalue weighted by Crippen LogP contribution is -2.19. The lowest BCUT2D eigenvalue weighted by molar-refractivity contribution is -0.118. The number of benzene rings is 2. The van der Waals surface area contributed by atoms with Gasteiger partial charge in [-0.15, -0.1) is 11.3 Å². The molecule has 0 saturated carbocycles. The molecule has 2 aromatic carbocycles. The highest BCUT2D eigenvalue weighted by molar-refractivity contribution is 7.18. The van der Waals surface area contributed by atoms with E-state index in [2.05, 4.69) is 15.6 Å². The standard InChI is InChI=1S/C25H25N5O2S/c1-14-4-3-5-18(10-14)30-25(32)29-17-8-6-16(7-9-17)20-13-33-23-19(15(2)11-21(26)31)12-28-24(27)22(20)23/h3-10,12-13,15H,11H2,1-2H3,(H2,26,31)(H2,27,28)(H2,29,30,32). The molecule has 4 rings (SSSR count). The number of nitrogens with zero attached hydrogens (tertiary/aromatic N) is 1. The number of fused-ring (bicyclic) bond motifs is 1. The first-order chi connectivity index (χ1) is 15.8. The van der Waals surface area contributed by atoms with Crippen LogP contribution in [0.1, 0.15) is 30.4 Å². The summed E-state index contributed by atoms with van der Waals surface area (Å²) < 4.78 is 1.01. The third-order valence-corrected chi connectivity index (χ3v) is 6.45. The number of carbonyl (C=O) groups excluding carboxylic acids is 2. The summed E-state index contributed by atoms with van der Waals surface area (Å²) in [5.74, 6) is 0.0397. The van der Waals surface area contributed by atoms with Crippen molar-refractivity contribution in [2.75, 3.05) is 16.4 Å². The van der Waals surface area contributed by atoms with E-state index in [1.54, 1.807) is 17.5 Å². The van der Waals surface area contributed by atoms with E-state index < -0.39 is 0 Å². The number of carbonyl (C=O) groups is 2. The number of pyridine rings is 1. The molecule has 4 aromatic rings. The van der Waals surface area contributed by atoms with Crippen molar-refractivity contribution < 1.29 is 9.59 Å². The number of hydrogen-bond donors (Lipinski definition) is 4. The quantitative estimate of drug-likeness (QED) is 0.305. The van der Waals surface area contributed by atoms with Crippen LogP contribution in [0.25, 0.3) is 21.2 Å². The summed E-state index contributed by atoms with van der Waals surface area (Å²) in [4.78, 5) is 28.1. The fourth-order valence-electron chi connectivity index (χ4n) is 3.81. The highest BCUT2D eigenvalue weighted by atomic mass is 32.1. The number of anilines is 3. The predicted molar refractivity (Wildman–Crippen MR) is 136 cm³/mol. The van der Waals surface area contributed by atoms with Gasteiger partial charge in [-0.1, -0.05) is 31.2 Å². The number of amides is 3. The van der Waals surface area contributed by atoms with Gasteiger partial charge in [-0.2, -0.15) is 0 Å². The van der Waals surface area contributed by atoms with Crippen molar-refractivity contribution in [3.8, 4) is 11.1 Å². The Kier molecular flexibility index (Phi) is 6.28. The first kappa shape index (κ1) is 22.3. The summed E-state index contributed by atoms with van der Waals surface area (Å²) in [6.07, 6.45) is 1.98. The molecule has 0 spiro atoms. The first-order valence-corrected chi connectivity index (χ1v) is 11.4. The maximum Gasteiger partial charge on any atom is 0.323 e. The van der Waals surface area contributed by atoms with E-state index in [0.717, 1.165) is 38.0 Å². The summed E-state index contributed by atoms with van der Waals surface area (Å²) in [6.45, 7) is 3.93. The largest absolute Gasteiger partial charge is 0.383 e. The van der Waals surface area contributed by atoms with Gasteiger partial charge >= 0.3 is 6.03 Å². The Morgan fingerprint density at radius 1 is 1.09 bits per heavy atom. The van der Waals surface area contributed by atoms with Crippen LogP contribution in [0, 0.1) is 6.92 Å². The van der Waals surface area contributed by atoms with Crippen LogP contribution in [-0.2, 0) is 4.79 Å². The molecule has 6 N–H and O–H groups in total. The van der Waals surface area contributed by atoms with E-state index in [4.69, 9.17) is 11.5 Å². The van der Waals surface area contributed by atoms with Gasteiger partial charge in [0.1, 0.15) is 5.82 Å². The summed E-state index contributed by atoms with van der Waals surface area (Å²) in [7, 11) is 0. The maximum absolute atomic E-state index is 12.3. The second-order valence-electron chi connectivity index (χ2n) is 8.05. The molecule has 1 atom stereocenters. The number of aromatic nitrogens is 1. The minimum Gasteiger partial charge on any atom is -0.383 e. The molecule has 2 aromatic heterocycles. The number of nitrogens with one attached hydrogen (secondary N) is 2. The molecule has 168 valence electrons. The number of nitrogens with two attached hydrogens (primary N) is 2. The molecule has 1 unspecified atom stereocenters. The second kappa shape index (κ2) is 9.30. The molecular weight excluding hydrogens is 434 g/mol. The van der Waals surface area contributed by atoms with E-state index in [-0.39, 0.29) is 24.3 Å². The van der Waals surface area contributed by atoms with Gasteiger partial charge in [0.25, 0.3) is 0 Å². The fourth-order valence-corrected chi connectivity index (χ4v) is 5.02. The zero-order valence-corrected chi connectivity index (χ0v) is 19.2. The minimum atomic E-state index is -0.348. The monoisotopic (exact) mass is 459 g/mol. The highest BCUT2D eigenvalue weighted by Crippen LogP contribution is 2.41. The molecule has 0 saturated heterocycles. The van der Waals surface area contributed by atoms with E-state index in [9.17, 15) is 9.59 Å². The van der Waals surface area contributed by atoms with Crippen molar-refractivity contribution in [2.24, 2.45) is 5.73 Å². The van der Waals surface area contributed by atoms with Crippen LogP contribution in [0.5, 0.6) is 0 Å². The van der Waals surface area contributed by atoms with Crippen molar-refractivity contribution in [3.05, 3.63) is 71.2 Å². The summed E-state index contributed by atoms with van der Waals surface area (Å²) in [6, 6.07) is 14.9. The Morgan fingerprint density at radius 2 is 1.82 bits per heavy atom. The average Bonchev–Trinajstić information content (AvgIpc) is 3.20. The van der Waals surface area contributed by atoms with Crippen LogP contribution < -0.4 is 22.1 Å². The van der Waals surface area contributed by atoms with Gasteiger partial charge in [0, 0.05) is 39.6 Å². The predicted octanol–water partition coefficient (Wildman–Crippen LogP) is 5.48. The van der Waals surface area contributed by atoms with Crippen LogP contribution in [0.4, 0.5) is 22.0 Å². The van der Waals surface area contributed by atoms with Crippen molar-refractivity contribution in [1.82, 2.24) is 4.98 Å². The molecule has 8 heteroatoms. The maximum atomic E-state index is 12.3. The Morgan fingerprint density at radius 3 is 2.52 bits per heavy atom. The smallest absolute Gasteiger partial charge is 0.323 e. The Bertz CT molecular complexity index is 1330.